The number of nitrogens with one attached hydrogen (secondary N) is 1. The van der Waals surface area contributed by atoms with Crippen molar-refractivity contribution in [1.82, 2.24) is 0 Å². The van der Waals surface area contributed by atoms with Crippen LogP contribution < -0.4 is 5.32 Å². The van der Waals surface area contributed by atoms with Crippen LogP contribution in [0, 0.1) is 11.6 Å². The minimum atomic E-state index is -0.846. The lowest BCUT2D eigenvalue weighted by Gasteiger charge is -2.17. The first-order valence-corrected chi connectivity index (χ1v) is 6.81. The average Bonchev–Trinajstić information content (AvgIpc) is 2.36. The highest BCUT2D eigenvalue weighted by molar-refractivity contribution is 9.10. The van der Waals surface area contributed by atoms with Crippen molar-refractivity contribution < 1.29 is 8.78 Å². The van der Waals surface area contributed by atoms with E-state index in [1.165, 1.54) is 6.07 Å². The van der Waals surface area contributed by atoms with Crippen LogP contribution in [0.15, 0.2) is 40.9 Å². The Balaban J connectivity index is 2.25. The molecule has 0 heterocycles. The molecule has 0 fully saturated rings. The van der Waals surface area contributed by atoms with E-state index in [9.17, 15) is 8.78 Å². The molecule has 2 aromatic rings. The summed E-state index contributed by atoms with van der Waals surface area (Å²) in [5, 5.41) is 3.71. The van der Waals surface area contributed by atoms with E-state index in [-0.39, 0.29) is 11.6 Å². The van der Waals surface area contributed by atoms with E-state index in [4.69, 9.17) is 11.6 Å². The monoisotopic (exact) mass is 345 g/mol. The Bertz CT molecular complexity index is 604. The maximum Gasteiger partial charge on any atom is 0.164 e. The van der Waals surface area contributed by atoms with Gasteiger partial charge in [-0.25, -0.2) is 8.78 Å². The van der Waals surface area contributed by atoms with Crippen molar-refractivity contribution in [1.29, 1.82) is 0 Å². The number of hydrogen-bond donors (Lipinski definition) is 1. The average molecular weight is 347 g/mol. The molecule has 0 spiro atoms. The van der Waals surface area contributed by atoms with Gasteiger partial charge in [-0.3, -0.25) is 0 Å². The lowest BCUT2D eigenvalue weighted by molar-refractivity contribution is 0.494. The van der Waals surface area contributed by atoms with Crippen molar-refractivity contribution in [2.24, 2.45) is 0 Å². The second-order valence-electron chi connectivity index (χ2n) is 4.13. The van der Waals surface area contributed by atoms with E-state index in [0.29, 0.717) is 5.02 Å². The standard InChI is InChI=1S/C14H11BrClF2N/c1-8(10-3-2-4-12(17)14(10)18)19-13-6-5-9(16)7-11(13)15/h2-8,19H,1H3. The first kappa shape index (κ1) is 14.3. The zero-order chi connectivity index (χ0) is 14.0. The minimum Gasteiger partial charge on any atom is -0.377 e. The van der Waals surface area contributed by atoms with Gasteiger partial charge in [0.2, 0.25) is 0 Å². The molecule has 1 N–H and O–H groups in total. The number of halogens is 4. The fraction of sp³-hybridized carbons (Fsp3) is 0.143. The Morgan fingerprint density at radius 2 is 1.95 bits per heavy atom. The predicted octanol–water partition coefficient (Wildman–Crippen LogP) is 5.55. The molecular formula is C14H11BrClF2N. The first-order chi connectivity index (χ1) is 8.99. The molecular weight excluding hydrogens is 336 g/mol. The third-order valence-corrected chi connectivity index (χ3v) is 3.64. The lowest BCUT2D eigenvalue weighted by atomic mass is 10.1. The van der Waals surface area contributed by atoms with Gasteiger partial charge < -0.3 is 5.32 Å². The Morgan fingerprint density at radius 3 is 2.63 bits per heavy atom. The van der Waals surface area contributed by atoms with Gasteiger partial charge in [-0.15, -0.1) is 0 Å². The molecule has 0 bridgehead atoms. The van der Waals surface area contributed by atoms with Crippen molar-refractivity contribution in [3.8, 4) is 0 Å². The quantitative estimate of drug-likeness (QED) is 0.768. The van der Waals surface area contributed by atoms with Gasteiger partial charge in [0.15, 0.2) is 11.6 Å². The highest BCUT2D eigenvalue weighted by Crippen LogP contribution is 2.30. The summed E-state index contributed by atoms with van der Waals surface area (Å²) < 4.78 is 27.6. The molecule has 0 radical (unpaired) electrons. The van der Waals surface area contributed by atoms with Crippen LogP contribution in [0.5, 0.6) is 0 Å². The van der Waals surface area contributed by atoms with Crippen LogP contribution in [0.1, 0.15) is 18.5 Å². The molecule has 1 unspecified atom stereocenters. The second kappa shape index (κ2) is 5.88. The topological polar surface area (TPSA) is 12.0 Å². The van der Waals surface area contributed by atoms with Crippen LogP contribution >= 0.6 is 27.5 Å². The smallest absolute Gasteiger partial charge is 0.164 e. The zero-order valence-corrected chi connectivity index (χ0v) is 12.4. The van der Waals surface area contributed by atoms with E-state index >= 15 is 0 Å². The molecule has 2 aromatic carbocycles. The Hall–Kier alpha value is -1.13. The molecule has 0 aliphatic rings. The van der Waals surface area contributed by atoms with Gasteiger partial charge in [0.25, 0.3) is 0 Å². The van der Waals surface area contributed by atoms with Gasteiger partial charge in [0.1, 0.15) is 0 Å². The third kappa shape index (κ3) is 3.25. The summed E-state index contributed by atoms with van der Waals surface area (Å²) in [6.07, 6.45) is 0. The van der Waals surface area contributed by atoms with Gasteiger partial charge >= 0.3 is 0 Å². The first-order valence-electron chi connectivity index (χ1n) is 5.64. The number of benzene rings is 2. The van der Waals surface area contributed by atoms with Crippen molar-refractivity contribution in [2.45, 2.75) is 13.0 Å². The number of rotatable bonds is 3. The summed E-state index contributed by atoms with van der Waals surface area (Å²) in [4.78, 5) is 0. The zero-order valence-electron chi connectivity index (χ0n) is 10.1. The van der Waals surface area contributed by atoms with Gasteiger partial charge in [-0.2, -0.15) is 0 Å². The van der Waals surface area contributed by atoms with Crippen molar-refractivity contribution >= 4 is 33.2 Å². The molecule has 0 saturated heterocycles. The Kier molecular flexibility index (Phi) is 4.42. The molecule has 0 aliphatic heterocycles. The lowest BCUT2D eigenvalue weighted by Crippen LogP contribution is -2.09. The fourth-order valence-electron chi connectivity index (χ4n) is 1.77. The van der Waals surface area contributed by atoms with Crippen LogP contribution in [-0.4, -0.2) is 0 Å². The Labute approximate surface area is 123 Å². The molecule has 1 atom stereocenters. The van der Waals surface area contributed by atoms with Crippen LogP contribution in [0.3, 0.4) is 0 Å². The van der Waals surface area contributed by atoms with E-state index in [1.54, 1.807) is 31.2 Å². The number of hydrogen-bond acceptors (Lipinski definition) is 1. The minimum absolute atomic E-state index is 0.279. The summed E-state index contributed by atoms with van der Waals surface area (Å²) >= 11 is 9.22. The highest BCUT2D eigenvalue weighted by atomic mass is 79.9. The summed E-state index contributed by atoms with van der Waals surface area (Å²) in [6, 6.07) is 9.02. The van der Waals surface area contributed by atoms with E-state index in [1.807, 2.05) is 0 Å². The summed E-state index contributed by atoms with van der Waals surface area (Å²) in [5.74, 6) is -1.67. The molecule has 5 heteroatoms. The largest absolute Gasteiger partial charge is 0.377 e. The molecule has 0 amide bonds. The summed E-state index contributed by atoms with van der Waals surface area (Å²) in [7, 11) is 0. The molecule has 0 aliphatic carbocycles. The maximum atomic E-state index is 13.7. The SMILES string of the molecule is CC(Nc1ccc(Cl)cc1Br)c1cccc(F)c1F. The summed E-state index contributed by atoms with van der Waals surface area (Å²) in [6.45, 7) is 1.76. The van der Waals surface area contributed by atoms with Crippen LogP contribution in [0.25, 0.3) is 0 Å². The fourth-order valence-corrected chi connectivity index (χ4v) is 2.57. The van der Waals surface area contributed by atoms with Gasteiger partial charge in [-0.05, 0) is 47.1 Å². The van der Waals surface area contributed by atoms with E-state index in [0.717, 1.165) is 16.2 Å². The molecule has 0 aromatic heterocycles. The van der Waals surface area contributed by atoms with Gasteiger partial charge in [-0.1, -0.05) is 23.7 Å². The third-order valence-electron chi connectivity index (χ3n) is 2.75. The molecule has 19 heavy (non-hydrogen) atoms. The van der Waals surface area contributed by atoms with E-state index < -0.39 is 11.6 Å². The molecule has 2 rings (SSSR count). The highest BCUT2D eigenvalue weighted by Gasteiger charge is 2.14. The maximum absolute atomic E-state index is 13.7. The van der Waals surface area contributed by atoms with Crippen LogP contribution in [0.2, 0.25) is 5.02 Å². The summed E-state index contributed by atoms with van der Waals surface area (Å²) in [5.41, 5.74) is 1.04. The molecule has 0 saturated carbocycles. The Morgan fingerprint density at radius 1 is 1.21 bits per heavy atom. The van der Waals surface area contributed by atoms with Crippen LogP contribution in [-0.2, 0) is 0 Å². The molecule has 100 valence electrons. The van der Waals surface area contributed by atoms with Crippen molar-refractivity contribution in [3.63, 3.8) is 0 Å². The second-order valence-corrected chi connectivity index (χ2v) is 5.42. The van der Waals surface area contributed by atoms with Crippen LogP contribution in [0.4, 0.5) is 14.5 Å². The van der Waals surface area contributed by atoms with Gasteiger partial charge in [0.05, 0.1) is 6.04 Å². The van der Waals surface area contributed by atoms with Crippen molar-refractivity contribution in [3.05, 3.63) is 63.1 Å². The number of anilines is 1. The van der Waals surface area contributed by atoms with E-state index in [2.05, 4.69) is 21.2 Å². The van der Waals surface area contributed by atoms with Gasteiger partial charge in [0, 0.05) is 20.7 Å². The van der Waals surface area contributed by atoms with Crippen molar-refractivity contribution in [2.75, 3.05) is 5.32 Å². The predicted molar refractivity (Wildman–Crippen MR) is 77.5 cm³/mol. The molecule has 1 nitrogen and oxygen atoms in total. The normalized spacial score (nSPS) is 12.3.